The third-order valence-corrected chi connectivity index (χ3v) is 4.20. The van der Waals surface area contributed by atoms with Crippen molar-refractivity contribution in [2.75, 3.05) is 0 Å². The van der Waals surface area contributed by atoms with Crippen LogP contribution < -0.4 is 0 Å². The Hall–Kier alpha value is 0. The van der Waals surface area contributed by atoms with E-state index in [1.165, 1.54) is 24.7 Å². The summed E-state index contributed by atoms with van der Waals surface area (Å²) in [4.78, 5) is 0. The van der Waals surface area contributed by atoms with Gasteiger partial charge in [0, 0.05) is 0 Å². The van der Waals surface area contributed by atoms with Crippen LogP contribution in [0.15, 0.2) is 0 Å². The lowest BCUT2D eigenvalue weighted by molar-refractivity contribution is 0.223. The van der Waals surface area contributed by atoms with Gasteiger partial charge in [-0.05, 0) is 36.0 Å². The highest BCUT2D eigenvalue weighted by molar-refractivity contribution is 5.23. The van der Waals surface area contributed by atoms with Crippen molar-refractivity contribution in [3.8, 4) is 0 Å². The zero-order valence-electron chi connectivity index (χ0n) is 7.35. The SMILES string of the molecule is CCC(C)C1(CC)C2CC21. The molecule has 0 aromatic rings. The van der Waals surface area contributed by atoms with Crippen LogP contribution in [0.1, 0.15) is 40.0 Å². The van der Waals surface area contributed by atoms with E-state index in [1.807, 2.05) is 0 Å². The molecule has 2 aliphatic rings. The van der Waals surface area contributed by atoms with Gasteiger partial charge in [0.1, 0.15) is 0 Å². The molecule has 0 spiro atoms. The van der Waals surface area contributed by atoms with Crippen LogP contribution in [0.3, 0.4) is 0 Å². The molecule has 0 heterocycles. The topological polar surface area (TPSA) is 0 Å². The maximum Gasteiger partial charge on any atom is -0.0212 e. The summed E-state index contributed by atoms with van der Waals surface area (Å²) in [6.45, 7) is 7.15. The lowest BCUT2D eigenvalue weighted by Gasteiger charge is -2.27. The average Bonchev–Trinajstić information content (AvgIpc) is 2.75. The summed E-state index contributed by atoms with van der Waals surface area (Å²) in [6.07, 6.45) is 4.40. The number of rotatable bonds is 3. The Labute approximate surface area is 64.0 Å². The summed E-state index contributed by atoms with van der Waals surface area (Å²) in [5.74, 6) is 3.35. The lowest BCUT2D eigenvalue weighted by Crippen LogP contribution is -2.19. The molecule has 2 fully saturated rings. The van der Waals surface area contributed by atoms with Gasteiger partial charge >= 0.3 is 0 Å². The summed E-state index contributed by atoms with van der Waals surface area (Å²) in [6, 6.07) is 0. The van der Waals surface area contributed by atoms with Crippen molar-refractivity contribution in [1.29, 1.82) is 0 Å². The highest BCUT2D eigenvalue weighted by Gasteiger charge is 2.76. The molecule has 3 atom stereocenters. The zero-order valence-corrected chi connectivity index (χ0v) is 7.35. The second-order valence-corrected chi connectivity index (χ2v) is 4.22. The molecular weight excluding hydrogens is 120 g/mol. The molecule has 0 N–H and O–H groups in total. The first-order valence-corrected chi connectivity index (χ1v) is 4.77. The third kappa shape index (κ3) is 0.538. The molecule has 2 rings (SSSR count). The highest BCUT2D eigenvalue weighted by Crippen LogP contribution is 2.82. The molecule has 0 aromatic heterocycles. The molecule has 0 amide bonds. The van der Waals surface area contributed by atoms with Crippen LogP contribution in [0.4, 0.5) is 0 Å². The molecule has 2 aliphatic carbocycles. The Kier molecular flexibility index (Phi) is 1.19. The van der Waals surface area contributed by atoms with E-state index in [4.69, 9.17) is 0 Å². The van der Waals surface area contributed by atoms with Gasteiger partial charge in [-0.2, -0.15) is 0 Å². The van der Waals surface area contributed by atoms with Gasteiger partial charge in [-0.3, -0.25) is 0 Å². The average molecular weight is 138 g/mol. The van der Waals surface area contributed by atoms with Crippen LogP contribution in [0.5, 0.6) is 0 Å². The van der Waals surface area contributed by atoms with Crippen molar-refractivity contribution in [3.63, 3.8) is 0 Å². The molecule has 0 heteroatoms. The normalized spacial score (nSPS) is 51.9. The fraction of sp³-hybridized carbons (Fsp3) is 1.00. The Morgan fingerprint density at radius 2 is 2.00 bits per heavy atom. The Morgan fingerprint density at radius 3 is 2.10 bits per heavy atom. The second kappa shape index (κ2) is 1.78. The van der Waals surface area contributed by atoms with Crippen molar-refractivity contribution in [1.82, 2.24) is 0 Å². The van der Waals surface area contributed by atoms with Crippen molar-refractivity contribution in [3.05, 3.63) is 0 Å². The minimum atomic E-state index is 0.856. The van der Waals surface area contributed by atoms with E-state index in [0.717, 1.165) is 11.3 Å². The van der Waals surface area contributed by atoms with E-state index < -0.39 is 0 Å². The molecule has 10 heavy (non-hydrogen) atoms. The first-order chi connectivity index (χ1) is 4.77. The van der Waals surface area contributed by atoms with Crippen LogP contribution >= 0.6 is 0 Å². The highest BCUT2D eigenvalue weighted by atomic mass is 14.8. The van der Waals surface area contributed by atoms with Gasteiger partial charge in [0.15, 0.2) is 0 Å². The molecule has 0 aliphatic heterocycles. The van der Waals surface area contributed by atoms with Crippen LogP contribution in [-0.2, 0) is 0 Å². The van der Waals surface area contributed by atoms with Crippen molar-refractivity contribution in [2.45, 2.75) is 40.0 Å². The summed E-state index contributed by atoms with van der Waals surface area (Å²) >= 11 is 0. The Bertz CT molecular complexity index is 140. The fourth-order valence-corrected chi connectivity index (χ4v) is 3.09. The van der Waals surface area contributed by atoms with E-state index in [1.54, 1.807) is 6.42 Å². The van der Waals surface area contributed by atoms with E-state index >= 15 is 0 Å². The van der Waals surface area contributed by atoms with E-state index in [-0.39, 0.29) is 0 Å². The smallest absolute Gasteiger partial charge is 0.0212 e. The van der Waals surface area contributed by atoms with Crippen LogP contribution in [0.2, 0.25) is 0 Å². The van der Waals surface area contributed by atoms with Gasteiger partial charge in [0.2, 0.25) is 0 Å². The van der Waals surface area contributed by atoms with Gasteiger partial charge in [-0.1, -0.05) is 27.2 Å². The van der Waals surface area contributed by atoms with E-state index in [2.05, 4.69) is 20.8 Å². The molecule has 0 nitrogen and oxygen atoms in total. The molecule has 0 aromatic carbocycles. The lowest BCUT2D eigenvalue weighted by atomic mass is 9.78. The van der Waals surface area contributed by atoms with Crippen LogP contribution in [0, 0.1) is 23.2 Å². The van der Waals surface area contributed by atoms with Crippen molar-refractivity contribution >= 4 is 0 Å². The van der Waals surface area contributed by atoms with Gasteiger partial charge < -0.3 is 0 Å². The summed E-state index contributed by atoms with van der Waals surface area (Å²) in [5.41, 5.74) is 0.856. The predicted octanol–water partition coefficient (Wildman–Crippen LogP) is 3.08. The second-order valence-electron chi connectivity index (χ2n) is 4.22. The molecule has 3 unspecified atom stereocenters. The summed E-state index contributed by atoms with van der Waals surface area (Å²) < 4.78 is 0. The first-order valence-electron chi connectivity index (χ1n) is 4.77. The van der Waals surface area contributed by atoms with E-state index in [9.17, 15) is 0 Å². The van der Waals surface area contributed by atoms with Gasteiger partial charge in [0.25, 0.3) is 0 Å². The minimum Gasteiger partial charge on any atom is -0.0651 e. The Morgan fingerprint density at radius 1 is 1.40 bits per heavy atom. The monoisotopic (exact) mass is 138 g/mol. The number of hydrogen-bond donors (Lipinski definition) is 0. The molecule has 0 saturated heterocycles. The molecular formula is C10H18. The fourth-order valence-electron chi connectivity index (χ4n) is 3.09. The molecule has 0 radical (unpaired) electrons. The van der Waals surface area contributed by atoms with Crippen molar-refractivity contribution < 1.29 is 0 Å². The van der Waals surface area contributed by atoms with Crippen LogP contribution in [0.25, 0.3) is 0 Å². The largest absolute Gasteiger partial charge is 0.0651 e. The third-order valence-electron chi connectivity index (χ3n) is 4.20. The first kappa shape index (κ1) is 6.69. The summed E-state index contributed by atoms with van der Waals surface area (Å²) in [5, 5.41) is 0. The van der Waals surface area contributed by atoms with Crippen molar-refractivity contribution in [2.24, 2.45) is 23.2 Å². The predicted molar refractivity (Wildman–Crippen MR) is 43.8 cm³/mol. The molecule has 2 saturated carbocycles. The van der Waals surface area contributed by atoms with Gasteiger partial charge in [-0.15, -0.1) is 0 Å². The molecule has 58 valence electrons. The Balaban J connectivity index is 2.01. The standard InChI is InChI=1S/C10H18/c1-4-7(3)10(5-2)8-6-9(8)10/h7-9H,4-6H2,1-3H3. The van der Waals surface area contributed by atoms with Gasteiger partial charge in [-0.25, -0.2) is 0 Å². The van der Waals surface area contributed by atoms with Crippen LogP contribution in [-0.4, -0.2) is 0 Å². The van der Waals surface area contributed by atoms with Gasteiger partial charge in [0.05, 0.1) is 0 Å². The van der Waals surface area contributed by atoms with E-state index in [0.29, 0.717) is 0 Å². The zero-order chi connectivity index (χ0) is 7.35. The maximum absolute atomic E-state index is 2.44. The number of fused-ring (bicyclic) bond motifs is 1. The maximum atomic E-state index is 2.44. The quantitative estimate of drug-likeness (QED) is 0.562. The minimum absolute atomic E-state index is 0.856. The number of hydrogen-bond acceptors (Lipinski definition) is 0. The molecule has 0 bridgehead atoms. The summed E-state index contributed by atoms with van der Waals surface area (Å²) in [7, 11) is 0.